The lowest BCUT2D eigenvalue weighted by Crippen LogP contribution is -2.53. The van der Waals surface area contributed by atoms with Crippen molar-refractivity contribution >= 4 is 5.91 Å². The maximum atomic E-state index is 12.6. The number of carbonyl (C=O) groups is 1. The van der Waals surface area contributed by atoms with Crippen molar-refractivity contribution < 1.29 is 9.53 Å². The standard InChI is InChI=1S/C17H26N2O2/c1-4-12(2)16(18)17(20)19-10-13(3)21-15(11-19)14-8-6-5-7-9-14/h5-9,12-13,15-16H,4,10-11,18H2,1-3H3. The summed E-state index contributed by atoms with van der Waals surface area (Å²) in [7, 11) is 0. The Morgan fingerprint density at radius 2 is 2.05 bits per heavy atom. The summed E-state index contributed by atoms with van der Waals surface area (Å²) in [6.45, 7) is 7.29. The molecule has 1 aromatic rings. The molecule has 4 heteroatoms. The van der Waals surface area contributed by atoms with Gasteiger partial charge in [0.1, 0.15) is 6.10 Å². The van der Waals surface area contributed by atoms with Crippen molar-refractivity contribution in [3.8, 4) is 0 Å². The van der Waals surface area contributed by atoms with Crippen LogP contribution in [0.1, 0.15) is 38.9 Å². The zero-order valence-electron chi connectivity index (χ0n) is 13.2. The first-order valence-electron chi connectivity index (χ1n) is 7.77. The van der Waals surface area contributed by atoms with Gasteiger partial charge in [-0.2, -0.15) is 0 Å². The van der Waals surface area contributed by atoms with Gasteiger partial charge in [0, 0.05) is 6.54 Å². The summed E-state index contributed by atoms with van der Waals surface area (Å²) in [5.41, 5.74) is 7.21. The third-order valence-electron chi connectivity index (χ3n) is 4.29. The molecule has 0 saturated carbocycles. The number of carbonyl (C=O) groups excluding carboxylic acids is 1. The molecule has 0 spiro atoms. The maximum absolute atomic E-state index is 12.6. The van der Waals surface area contributed by atoms with E-state index in [9.17, 15) is 4.79 Å². The van der Waals surface area contributed by atoms with Crippen LogP contribution in [0, 0.1) is 5.92 Å². The average molecular weight is 290 g/mol. The van der Waals surface area contributed by atoms with E-state index in [4.69, 9.17) is 10.5 Å². The number of morpholine rings is 1. The largest absolute Gasteiger partial charge is 0.367 e. The Bertz CT molecular complexity index is 463. The van der Waals surface area contributed by atoms with Crippen LogP contribution >= 0.6 is 0 Å². The van der Waals surface area contributed by atoms with E-state index in [1.54, 1.807) is 0 Å². The van der Waals surface area contributed by atoms with Crippen molar-refractivity contribution in [3.63, 3.8) is 0 Å². The van der Waals surface area contributed by atoms with Crippen LogP contribution < -0.4 is 5.73 Å². The zero-order valence-corrected chi connectivity index (χ0v) is 13.2. The van der Waals surface area contributed by atoms with Crippen LogP contribution in [0.25, 0.3) is 0 Å². The fraction of sp³-hybridized carbons (Fsp3) is 0.588. The molecular weight excluding hydrogens is 264 g/mol. The molecule has 1 aliphatic rings. The summed E-state index contributed by atoms with van der Waals surface area (Å²) in [4.78, 5) is 14.4. The Morgan fingerprint density at radius 1 is 1.38 bits per heavy atom. The summed E-state index contributed by atoms with van der Waals surface area (Å²) in [5, 5.41) is 0. The van der Waals surface area contributed by atoms with Gasteiger partial charge in [-0.25, -0.2) is 0 Å². The van der Waals surface area contributed by atoms with Crippen molar-refractivity contribution in [1.82, 2.24) is 4.90 Å². The predicted octanol–water partition coefficient (Wildman–Crippen LogP) is 2.35. The van der Waals surface area contributed by atoms with Crippen LogP contribution in [0.5, 0.6) is 0 Å². The monoisotopic (exact) mass is 290 g/mol. The first-order valence-corrected chi connectivity index (χ1v) is 7.77. The molecular formula is C17H26N2O2. The third kappa shape index (κ3) is 3.83. The fourth-order valence-electron chi connectivity index (χ4n) is 2.69. The summed E-state index contributed by atoms with van der Waals surface area (Å²) >= 11 is 0. The summed E-state index contributed by atoms with van der Waals surface area (Å²) in [5.74, 6) is 0.242. The Kier molecular flexibility index (Phi) is 5.37. The number of nitrogens with zero attached hydrogens (tertiary/aromatic N) is 1. The normalized spacial score (nSPS) is 25.4. The maximum Gasteiger partial charge on any atom is 0.239 e. The average Bonchev–Trinajstić information content (AvgIpc) is 2.52. The van der Waals surface area contributed by atoms with Gasteiger partial charge in [-0.15, -0.1) is 0 Å². The lowest BCUT2D eigenvalue weighted by Gasteiger charge is -2.38. The molecule has 1 amide bonds. The van der Waals surface area contributed by atoms with Crippen molar-refractivity contribution in [1.29, 1.82) is 0 Å². The second kappa shape index (κ2) is 7.05. The Labute approximate surface area is 127 Å². The summed E-state index contributed by atoms with van der Waals surface area (Å²) < 4.78 is 5.98. The fourth-order valence-corrected chi connectivity index (χ4v) is 2.69. The molecule has 0 aliphatic carbocycles. The van der Waals surface area contributed by atoms with Crippen LogP contribution in [-0.4, -0.2) is 36.0 Å². The van der Waals surface area contributed by atoms with Gasteiger partial charge in [0.15, 0.2) is 0 Å². The van der Waals surface area contributed by atoms with E-state index in [-0.39, 0.29) is 24.0 Å². The van der Waals surface area contributed by atoms with E-state index in [1.165, 1.54) is 0 Å². The molecule has 1 saturated heterocycles. The number of benzene rings is 1. The second-order valence-electron chi connectivity index (χ2n) is 6.00. The molecule has 21 heavy (non-hydrogen) atoms. The summed E-state index contributed by atoms with van der Waals surface area (Å²) in [6, 6.07) is 9.64. The first kappa shape index (κ1) is 16.0. The molecule has 4 unspecified atom stereocenters. The van der Waals surface area contributed by atoms with Crippen molar-refractivity contribution in [2.75, 3.05) is 13.1 Å². The molecule has 1 aliphatic heterocycles. The SMILES string of the molecule is CCC(C)C(N)C(=O)N1CC(C)OC(c2ccccc2)C1. The minimum absolute atomic E-state index is 0.0250. The van der Waals surface area contributed by atoms with E-state index in [0.717, 1.165) is 12.0 Å². The lowest BCUT2D eigenvalue weighted by atomic mass is 9.98. The van der Waals surface area contributed by atoms with Gasteiger partial charge in [0.2, 0.25) is 5.91 Å². The minimum atomic E-state index is -0.420. The molecule has 2 rings (SSSR count). The number of hydrogen-bond acceptors (Lipinski definition) is 3. The van der Waals surface area contributed by atoms with E-state index < -0.39 is 6.04 Å². The van der Waals surface area contributed by atoms with Gasteiger partial charge in [-0.3, -0.25) is 4.79 Å². The highest BCUT2D eigenvalue weighted by Gasteiger charge is 2.32. The number of nitrogens with two attached hydrogens (primary N) is 1. The minimum Gasteiger partial charge on any atom is -0.367 e. The van der Waals surface area contributed by atoms with E-state index in [0.29, 0.717) is 13.1 Å². The third-order valence-corrected chi connectivity index (χ3v) is 4.29. The van der Waals surface area contributed by atoms with Crippen LogP contribution in [0.2, 0.25) is 0 Å². The lowest BCUT2D eigenvalue weighted by molar-refractivity contribution is -0.147. The molecule has 1 fully saturated rings. The molecule has 0 bridgehead atoms. The van der Waals surface area contributed by atoms with E-state index in [2.05, 4.69) is 6.92 Å². The molecule has 4 nitrogen and oxygen atoms in total. The number of ether oxygens (including phenoxy) is 1. The number of hydrogen-bond donors (Lipinski definition) is 1. The van der Waals surface area contributed by atoms with E-state index in [1.807, 2.05) is 49.1 Å². The highest BCUT2D eigenvalue weighted by Crippen LogP contribution is 2.25. The van der Waals surface area contributed by atoms with Crippen LogP contribution in [0.15, 0.2) is 30.3 Å². The molecule has 0 aromatic heterocycles. The molecule has 4 atom stereocenters. The molecule has 1 heterocycles. The van der Waals surface area contributed by atoms with Crippen molar-refractivity contribution in [2.24, 2.45) is 11.7 Å². The summed E-state index contributed by atoms with van der Waals surface area (Å²) in [6.07, 6.45) is 0.870. The highest BCUT2D eigenvalue weighted by atomic mass is 16.5. The van der Waals surface area contributed by atoms with Gasteiger partial charge in [-0.05, 0) is 18.4 Å². The molecule has 116 valence electrons. The molecule has 1 aromatic carbocycles. The van der Waals surface area contributed by atoms with E-state index >= 15 is 0 Å². The van der Waals surface area contributed by atoms with Crippen molar-refractivity contribution in [3.05, 3.63) is 35.9 Å². The van der Waals surface area contributed by atoms with Gasteiger partial charge in [-0.1, -0.05) is 50.6 Å². The first-order chi connectivity index (χ1) is 10.0. The predicted molar refractivity (Wildman–Crippen MR) is 83.7 cm³/mol. The molecule has 2 N–H and O–H groups in total. The van der Waals surface area contributed by atoms with Gasteiger partial charge < -0.3 is 15.4 Å². The van der Waals surface area contributed by atoms with Gasteiger partial charge in [0.05, 0.1) is 18.7 Å². The van der Waals surface area contributed by atoms with Gasteiger partial charge >= 0.3 is 0 Å². The van der Waals surface area contributed by atoms with Gasteiger partial charge in [0.25, 0.3) is 0 Å². The van der Waals surface area contributed by atoms with Crippen LogP contribution in [0.3, 0.4) is 0 Å². The molecule has 0 radical (unpaired) electrons. The Morgan fingerprint density at radius 3 is 2.67 bits per heavy atom. The topological polar surface area (TPSA) is 55.6 Å². The Balaban J connectivity index is 2.09. The Hall–Kier alpha value is -1.39. The quantitative estimate of drug-likeness (QED) is 0.926. The number of rotatable bonds is 4. The van der Waals surface area contributed by atoms with Crippen LogP contribution in [-0.2, 0) is 9.53 Å². The zero-order chi connectivity index (χ0) is 15.4. The van der Waals surface area contributed by atoms with Crippen LogP contribution in [0.4, 0.5) is 0 Å². The van der Waals surface area contributed by atoms with Crippen molar-refractivity contribution in [2.45, 2.75) is 45.4 Å². The number of amides is 1. The second-order valence-corrected chi connectivity index (χ2v) is 6.00. The smallest absolute Gasteiger partial charge is 0.239 e. The highest BCUT2D eigenvalue weighted by molar-refractivity contribution is 5.82.